The van der Waals surface area contributed by atoms with E-state index in [4.69, 9.17) is 11.6 Å². The van der Waals surface area contributed by atoms with Crippen LogP contribution in [0, 0.1) is 6.92 Å². The van der Waals surface area contributed by atoms with E-state index >= 15 is 0 Å². The average molecular weight is 459 g/mol. The molecule has 1 atom stereocenters. The van der Waals surface area contributed by atoms with Crippen molar-refractivity contribution in [3.8, 4) is 0 Å². The first-order chi connectivity index (χ1) is 15.3. The molecule has 172 valence electrons. The first kappa shape index (κ1) is 23.9. The van der Waals surface area contributed by atoms with Crippen molar-refractivity contribution in [2.24, 2.45) is 7.05 Å². The molecular weight excluding hydrogens is 428 g/mol. The molecule has 2 fully saturated rings. The van der Waals surface area contributed by atoms with Gasteiger partial charge in [-0.15, -0.1) is 0 Å². The zero-order valence-electron chi connectivity index (χ0n) is 19.2. The predicted molar refractivity (Wildman–Crippen MR) is 129 cm³/mol. The summed E-state index contributed by atoms with van der Waals surface area (Å²) in [6, 6.07) is 7.66. The first-order valence-electron chi connectivity index (χ1n) is 11.1. The van der Waals surface area contributed by atoms with Crippen molar-refractivity contribution in [3.05, 3.63) is 57.0 Å². The molecule has 2 aliphatic heterocycles. The third kappa shape index (κ3) is 4.83. The van der Waals surface area contributed by atoms with E-state index in [9.17, 15) is 14.4 Å². The van der Waals surface area contributed by atoms with Crippen LogP contribution in [0.1, 0.15) is 43.7 Å². The summed E-state index contributed by atoms with van der Waals surface area (Å²) in [5, 5.41) is 2.97. The number of anilines is 2. The van der Waals surface area contributed by atoms with E-state index in [1.54, 1.807) is 11.6 Å². The van der Waals surface area contributed by atoms with Crippen LogP contribution in [-0.2, 0) is 16.6 Å². The Kier molecular flexibility index (Phi) is 7.61. The molecule has 0 saturated carbocycles. The van der Waals surface area contributed by atoms with Gasteiger partial charge in [-0.05, 0) is 36.6 Å². The topological polar surface area (TPSA) is 74.7 Å². The fourth-order valence-electron chi connectivity index (χ4n) is 4.32. The molecule has 0 radical (unpaired) electrons. The van der Waals surface area contributed by atoms with Crippen molar-refractivity contribution in [2.75, 3.05) is 36.0 Å². The number of benzene rings is 1. The van der Waals surface area contributed by atoms with Crippen LogP contribution >= 0.6 is 11.6 Å². The summed E-state index contributed by atoms with van der Waals surface area (Å²) < 4.78 is 1.62. The summed E-state index contributed by atoms with van der Waals surface area (Å²) in [6.45, 7) is 8.83. The van der Waals surface area contributed by atoms with Gasteiger partial charge in [0.25, 0.3) is 5.56 Å². The first-order valence-corrected chi connectivity index (χ1v) is 11.5. The molecule has 32 heavy (non-hydrogen) atoms. The van der Waals surface area contributed by atoms with Gasteiger partial charge in [-0.1, -0.05) is 37.6 Å². The van der Waals surface area contributed by atoms with Crippen LogP contribution < -0.4 is 20.7 Å². The van der Waals surface area contributed by atoms with E-state index < -0.39 is 5.92 Å². The quantitative estimate of drug-likeness (QED) is 0.715. The molecule has 2 aromatic rings. The fourth-order valence-corrected chi connectivity index (χ4v) is 4.69. The Morgan fingerprint density at radius 3 is 2.25 bits per heavy atom. The number of piperazine rings is 1. The van der Waals surface area contributed by atoms with Gasteiger partial charge in [-0.2, -0.15) is 0 Å². The standard InChI is InChI=1S/C22H25ClN4O3.C2H6/c1-14-12-18(22(30)25(2)13-14)27-10-8-26(9-11-27)17-5-3-4-15(20(17)23)16-6-7-19(28)24-21(16)29;1-2/h3-5,12-13,16H,6-11H2,1-2H3,(H,24,28,29);1-2H3. The third-order valence-electron chi connectivity index (χ3n) is 5.88. The number of hydrogen-bond donors (Lipinski definition) is 1. The van der Waals surface area contributed by atoms with E-state index in [0.717, 1.165) is 35.6 Å². The number of nitrogens with one attached hydrogen (secondary N) is 1. The van der Waals surface area contributed by atoms with Crippen molar-refractivity contribution in [2.45, 2.75) is 39.5 Å². The Morgan fingerprint density at radius 2 is 1.62 bits per heavy atom. The maximum Gasteiger partial charge on any atom is 0.273 e. The van der Waals surface area contributed by atoms with Crippen molar-refractivity contribution >= 4 is 34.8 Å². The second-order valence-corrected chi connectivity index (χ2v) is 8.35. The minimum atomic E-state index is -0.410. The van der Waals surface area contributed by atoms with Crippen LogP contribution in [0.25, 0.3) is 0 Å². The molecule has 2 aliphatic rings. The largest absolute Gasteiger partial charge is 0.367 e. The lowest BCUT2D eigenvalue weighted by Gasteiger charge is -2.38. The van der Waals surface area contributed by atoms with E-state index in [-0.39, 0.29) is 17.4 Å². The molecule has 0 bridgehead atoms. The smallest absolute Gasteiger partial charge is 0.273 e. The van der Waals surface area contributed by atoms with Crippen LogP contribution in [0.4, 0.5) is 11.4 Å². The molecule has 7 nitrogen and oxygen atoms in total. The lowest BCUT2D eigenvalue weighted by atomic mass is 9.90. The highest BCUT2D eigenvalue weighted by atomic mass is 35.5. The number of halogens is 1. The molecule has 1 aromatic carbocycles. The number of rotatable bonds is 3. The normalized spacial score (nSPS) is 18.7. The Hall–Kier alpha value is -2.80. The number of pyridine rings is 1. The van der Waals surface area contributed by atoms with Crippen molar-refractivity contribution < 1.29 is 9.59 Å². The maximum atomic E-state index is 12.5. The van der Waals surface area contributed by atoms with Gasteiger partial charge in [-0.25, -0.2) is 0 Å². The van der Waals surface area contributed by atoms with Gasteiger partial charge in [-0.3, -0.25) is 19.7 Å². The third-order valence-corrected chi connectivity index (χ3v) is 6.30. The number of carbonyl (C=O) groups is 2. The molecule has 3 heterocycles. The number of hydrogen-bond acceptors (Lipinski definition) is 5. The molecule has 0 aliphatic carbocycles. The van der Waals surface area contributed by atoms with Gasteiger partial charge in [0.15, 0.2) is 0 Å². The monoisotopic (exact) mass is 458 g/mol. The minimum absolute atomic E-state index is 0.00642. The number of imide groups is 1. The van der Waals surface area contributed by atoms with Crippen LogP contribution in [0.2, 0.25) is 5.02 Å². The molecule has 8 heteroatoms. The van der Waals surface area contributed by atoms with Crippen LogP contribution in [0.5, 0.6) is 0 Å². The summed E-state index contributed by atoms with van der Waals surface area (Å²) >= 11 is 6.72. The molecule has 2 amide bonds. The van der Waals surface area contributed by atoms with Crippen molar-refractivity contribution in [1.82, 2.24) is 9.88 Å². The Labute approximate surface area is 194 Å². The predicted octanol–water partition coefficient (Wildman–Crippen LogP) is 3.22. The van der Waals surface area contributed by atoms with Crippen LogP contribution in [0.3, 0.4) is 0 Å². The van der Waals surface area contributed by atoms with Crippen LogP contribution in [0.15, 0.2) is 35.3 Å². The number of carbonyl (C=O) groups excluding carboxylic acids is 2. The molecule has 2 saturated heterocycles. The Bertz CT molecular complexity index is 1060. The summed E-state index contributed by atoms with van der Waals surface area (Å²) in [5.41, 5.74) is 3.42. The zero-order valence-corrected chi connectivity index (χ0v) is 19.9. The van der Waals surface area contributed by atoms with Gasteiger partial charge in [0.2, 0.25) is 11.8 Å². The van der Waals surface area contributed by atoms with Crippen molar-refractivity contribution in [1.29, 1.82) is 0 Å². The Balaban J connectivity index is 0.00000141. The van der Waals surface area contributed by atoms with E-state index in [2.05, 4.69) is 15.1 Å². The number of piperidine rings is 1. The summed E-state index contributed by atoms with van der Waals surface area (Å²) in [6.07, 6.45) is 2.63. The molecular formula is C24H31ClN4O3. The number of aryl methyl sites for hydroxylation is 2. The average Bonchev–Trinajstić information content (AvgIpc) is 2.78. The molecule has 4 rings (SSSR count). The zero-order chi connectivity index (χ0) is 23.4. The number of nitrogens with zero attached hydrogens (tertiary/aromatic N) is 3. The second kappa shape index (κ2) is 10.2. The minimum Gasteiger partial charge on any atom is -0.367 e. The number of amides is 2. The lowest BCUT2D eigenvalue weighted by Crippen LogP contribution is -2.48. The second-order valence-electron chi connectivity index (χ2n) is 7.98. The lowest BCUT2D eigenvalue weighted by molar-refractivity contribution is -0.134. The molecule has 1 N–H and O–H groups in total. The highest BCUT2D eigenvalue weighted by Gasteiger charge is 2.31. The van der Waals surface area contributed by atoms with Gasteiger partial charge in [0, 0.05) is 45.8 Å². The van der Waals surface area contributed by atoms with Gasteiger partial charge in [0.05, 0.1) is 16.6 Å². The molecule has 1 unspecified atom stereocenters. The molecule has 1 aromatic heterocycles. The van der Waals surface area contributed by atoms with E-state index in [1.807, 2.05) is 51.2 Å². The summed E-state index contributed by atoms with van der Waals surface area (Å²) in [4.78, 5) is 40.6. The summed E-state index contributed by atoms with van der Waals surface area (Å²) in [7, 11) is 1.77. The van der Waals surface area contributed by atoms with E-state index in [1.165, 1.54) is 0 Å². The van der Waals surface area contributed by atoms with Gasteiger partial charge in [0.1, 0.15) is 5.69 Å². The van der Waals surface area contributed by atoms with Gasteiger partial charge < -0.3 is 14.4 Å². The SMILES string of the molecule is CC.Cc1cc(N2CCN(c3cccc(C4CCC(=O)NC4=O)c3Cl)CC2)c(=O)n(C)c1. The van der Waals surface area contributed by atoms with Gasteiger partial charge >= 0.3 is 0 Å². The fraction of sp³-hybridized carbons (Fsp3) is 0.458. The highest BCUT2D eigenvalue weighted by Crippen LogP contribution is 2.37. The highest BCUT2D eigenvalue weighted by molar-refractivity contribution is 6.34. The molecule has 0 spiro atoms. The van der Waals surface area contributed by atoms with Crippen LogP contribution in [-0.4, -0.2) is 42.6 Å². The summed E-state index contributed by atoms with van der Waals surface area (Å²) in [5.74, 6) is -0.931. The van der Waals surface area contributed by atoms with Crippen molar-refractivity contribution in [3.63, 3.8) is 0 Å². The van der Waals surface area contributed by atoms with E-state index in [0.29, 0.717) is 31.0 Å². The Morgan fingerprint density at radius 1 is 1.00 bits per heavy atom. The maximum absolute atomic E-state index is 12.5. The number of aromatic nitrogens is 1.